The number of hydrogen-bond acceptors (Lipinski definition) is 2. The first kappa shape index (κ1) is 16.6. The highest BCUT2D eigenvalue weighted by molar-refractivity contribution is 5.73. The molecule has 2 fully saturated rings. The van der Waals surface area contributed by atoms with Crippen molar-refractivity contribution in [1.29, 1.82) is 0 Å². The Morgan fingerprint density at radius 2 is 1.76 bits per heavy atom. The van der Waals surface area contributed by atoms with Gasteiger partial charge in [-0.3, -0.25) is 0 Å². The Labute approximate surface area is 130 Å². The molecular formula is C17H33N3O. The van der Waals surface area contributed by atoms with Gasteiger partial charge in [0.05, 0.1) is 0 Å². The highest BCUT2D eigenvalue weighted by Gasteiger charge is 2.28. The fourth-order valence-electron chi connectivity index (χ4n) is 3.95. The molecule has 2 amide bonds. The van der Waals surface area contributed by atoms with E-state index in [0.29, 0.717) is 12.1 Å². The normalized spacial score (nSPS) is 23.1. The van der Waals surface area contributed by atoms with Gasteiger partial charge in [-0.25, -0.2) is 4.79 Å². The van der Waals surface area contributed by atoms with E-state index in [1.165, 1.54) is 38.5 Å². The Morgan fingerprint density at radius 3 is 2.29 bits per heavy atom. The highest BCUT2D eigenvalue weighted by atomic mass is 16.2. The minimum absolute atomic E-state index is 0.160. The van der Waals surface area contributed by atoms with Gasteiger partial charge in [0.25, 0.3) is 0 Å². The van der Waals surface area contributed by atoms with Gasteiger partial charge in [-0.05, 0) is 38.0 Å². The molecule has 2 rings (SSSR count). The predicted molar refractivity (Wildman–Crippen MR) is 87.5 cm³/mol. The molecule has 21 heavy (non-hydrogen) atoms. The highest BCUT2D eigenvalue weighted by Crippen LogP contribution is 2.28. The summed E-state index contributed by atoms with van der Waals surface area (Å²) >= 11 is 0. The van der Waals surface area contributed by atoms with Crippen LogP contribution in [0.2, 0.25) is 0 Å². The molecule has 1 saturated heterocycles. The summed E-state index contributed by atoms with van der Waals surface area (Å²) < 4.78 is 0. The maximum Gasteiger partial charge on any atom is 0.319 e. The van der Waals surface area contributed by atoms with Gasteiger partial charge in [0.15, 0.2) is 0 Å². The predicted octanol–water partition coefficient (Wildman–Crippen LogP) is 3.08. The average molecular weight is 295 g/mol. The van der Waals surface area contributed by atoms with Crippen molar-refractivity contribution < 1.29 is 4.79 Å². The lowest BCUT2D eigenvalue weighted by atomic mass is 9.82. The molecule has 0 bridgehead atoms. The van der Waals surface area contributed by atoms with E-state index in [1.807, 2.05) is 19.0 Å². The van der Waals surface area contributed by atoms with Crippen molar-refractivity contribution in [2.75, 3.05) is 27.2 Å². The molecule has 1 unspecified atom stereocenters. The van der Waals surface area contributed by atoms with Crippen LogP contribution in [-0.4, -0.2) is 55.1 Å². The number of urea groups is 1. The van der Waals surface area contributed by atoms with E-state index in [0.717, 1.165) is 31.8 Å². The van der Waals surface area contributed by atoms with Crippen molar-refractivity contribution in [3.05, 3.63) is 0 Å². The number of carbonyl (C=O) groups is 1. The molecular weight excluding hydrogens is 262 g/mol. The number of nitrogens with zero attached hydrogens (tertiary/aromatic N) is 2. The van der Waals surface area contributed by atoms with Crippen molar-refractivity contribution in [2.24, 2.45) is 5.92 Å². The van der Waals surface area contributed by atoms with Gasteiger partial charge < -0.3 is 15.1 Å². The van der Waals surface area contributed by atoms with Crippen LogP contribution in [0.5, 0.6) is 0 Å². The fourth-order valence-corrected chi connectivity index (χ4v) is 3.95. The minimum Gasteiger partial charge on any atom is -0.331 e. The van der Waals surface area contributed by atoms with Crippen LogP contribution in [0.4, 0.5) is 4.79 Å². The van der Waals surface area contributed by atoms with Gasteiger partial charge >= 0.3 is 6.03 Å². The first-order chi connectivity index (χ1) is 10.1. The summed E-state index contributed by atoms with van der Waals surface area (Å²) in [5, 5.41) is 3.91. The van der Waals surface area contributed by atoms with E-state index in [2.05, 4.69) is 12.2 Å². The van der Waals surface area contributed by atoms with Crippen molar-refractivity contribution in [3.63, 3.8) is 0 Å². The standard InChI is InChI=1S/C17H33N3O/c1-4-16(14-8-6-5-7-9-14)18-15-10-12-20(13-11-15)17(21)19(2)3/h14-16,18H,4-13H2,1-3H3. The van der Waals surface area contributed by atoms with Crippen LogP contribution >= 0.6 is 0 Å². The first-order valence-corrected chi connectivity index (χ1v) is 8.84. The third kappa shape index (κ3) is 4.60. The summed E-state index contributed by atoms with van der Waals surface area (Å²) in [7, 11) is 3.67. The fraction of sp³-hybridized carbons (Fsp3) is 0.941. The van der Waals surface area contributed by atoms with Crippen LogP contribution in [0.15, 0.2) is 0 Å². The monoisotopic (exact) mass is 295 g/mol. The Morgan fingerprint density at radius 1 is 1.14 bits per heavy atom. The molecule has 1 saturated carbocycles. The zero-order valence-corrected chi connectivity index (χ0v) is 14.1. The van der Waals surface area contributed by atoms with E-state index >= 15 is 0 Å². The number of carbonyl (C=O) groups excluding carboxylic acids is 1. The van der Waals surface area contributed by atoms with Crippen molar-refractivity contribution in [1.82, 2.24) is 15.1 Å². The number of rotatable bonds is 4. The third-order valence-corrected chi connectivity index (χ3v) is 5.26. The van der Waals surface area contributed by atoms with Crippen LogP contribution < -0.4 is 5.32 Å². The zero-order chi connectivity index (χ0) is 15.2. The van der Waals surface area contributed by atoms with Gasteiger partial charge in [-0.1, -0.05) is 26.2 Å². The van der Waals surface area contributed by atoms with Crippen molar-refractivity contribution >= 4 is 6.03 Å². The lowest BCUT2D eigenvalue weighted by Crippen LogP contribution is -2.51. The van der Waals surface area contributed by atoms with Crippen molar-refractivity contribution in [2.45, 2.75) is 70.4 Å². The summed E-state index contributed by atoms with van der Waals surface area (Å²) in [6.07, 6.45) is 10.5. The van der Waals surface area contributed by atoms with Gasteiger partial charge in [-0.15, -0.1) is 0 Å². The van der Waals surface area contributed by atoms with Crippen LogP contribution in [0, 0.1) is 5.92 Å². The Hall–Kier alpha value is -0.770. The molecule has 0 aromatic heterocycles. The maximum atomic E-state index is 12.0. The lowest BCUT2D eigenvalue weighted by Gasteiger charge is -2.38. The average Bonchev–Trinajstić information content (AvgIpc) is 2.53. The maximum absolute atomic E-state index is 12.0. The summed E-state index contributed by atoms with van der Waals surface area (Å²) in [4.78, 5) is 15.6. The largest absolute Gasteiger partial charge is 0.331 e. The molecule has 1 atom stereocenters. The summed E-state index contributed by atoms with van der Waals surface area (Å²) in [5.74, 6) is 0.880. The molecule has 122 valence electrons. The molecule has 1 heterocycles. The molecule has 2 aliphatic rings. The second-order valence-electron chi connectivity index (χ2n) is 7.02. The Balaban J connectivity index is 1.77. The summed E-state index contributed by atoms with van der Waals surface area (Å²) in [6, 6.07) is 1.45. The second-order valence-corrected chi connectivity index (χ2v) is 7.02. The number of amides is 2. The van der Waals surface area contributed by atoms with Gasteiger partial charge in [-0.2, -0.15) is 0 Å². The van der Waals surface area contributed by atoms with Crippen LogP contribution in [0.1, 0.15) is 58.3 Å². The number of piperidine rings is 1. The molecule has 1 aliphatic carbocycles. The van der Waals surface area contributed by atoms with E-state index in [1.54, 1.807) is 4.90 Å². The molecule has 0 spiro atoms. The van der Waals surface area contributed by atoms with E-state index in [4.69, 9.17) is 0 Å². The van der Waals surface area contributed by atoms with E-state index in [-0.39, 0.29) is 6.03 Å². The molecule has 0 radical (unpaired) electrons. The van der Waals surface area contributed by atoms with E-state index < -0.39 is 0 Å². The van der Waals surface area contributed by atoms with Crippen LogP contribution in [-0.2, 0) is 0 Å². The minimum atomic E-state index is 0.160. The summed E-state index contributed by atoms with van der Waals surface area (Å²) in [6.45, 7) is 4.11. The van der Waals surface area contributed by atoms with Gasteiger partial charge in [0.1, 0.15) is 0 Å². The molecule has 4 nitrogen and oxygen atoms in total. The van der Waals surface area contributed by atoms with Crippen LogP contribution in [0.3, 0.4) is 0 Å². The van der Waals surface area contributed by atoms with Crippen LogP contribution in [0.25, 0.3) is 0 Å². The molecule has 1 aliphatic heterocycles. The molecule has 0 aromatic carbocycles. The smallest absolute Gasteiger partial charge is 0.319 e. The molecule has 1 N–H and O–H groups in total. The Kier molecular flexibility index (Phi) is 6.34. The topological polar surface area (TPSA) is 35.6 Å². The van der Waals surface area contributed by atoms with Gasteiger partial charge in [0, 0.05) is 39.3 Å². The number of nitrogens with one attached hydrogen (secondary N) is 1. The van der Waals surface area contributed by atoms with Gasteiger partial charge in [0.2, 0.25) is 0 Å². The quantitative estimate of drug-likeness (QED) is 0.865. The third-order valence-electron chi connectivity index (χ3n) is 5.26. The SMILES string of the molecule is CCC(NC1CCN(C(=O)N(C)C)CC1)C1CCCCC1. The van der Waals surface area contributed by atoms with E-state index in [9.17, 15) is 4.79 Å². The first-order valence-electron chi connectivity index (χ1n) is 8.84. The number of hydrogen-bond donors (Lipinski definition) is 1. The summed E-state index contributed by atoms with van der Waals surface area (Å²) in [5.41, 5.74) is 0. The molecule has 0 aromatic rings. The van der Waals surface area contributed by atoms with Crippen molar-refractivity contribution in [3.8, 4) is 0 Å². The molecule has 4 heteroatoms. The Bertz CT molecular complexity index is 318. The lowest BCUT2D eigenvalue weighted by molar-refractivity contribution is 0.145. The zero-order valence-electron chi connectivity index (χ0n) is 14.1. The second kappa shape index (κ2) is 8.02. The number of likely N-dealkylation sites (tertiary alicyclic amines) is 1.